The molecule has 1 aromatic rings. The molecule has 2 unspecified atom stereocenters. The highest BCUT2D eigenvalue weighted by atomic mass is 35.5. The van der Waals surface area contributed by atoms with E-state index in [4.69, 9.17) is 33.7 Å². The summed E-state index contributed by atoms with van der Waals surface area (Å²) in [4.78, 5) is 0. The third kappa shape index (κ3) is 2.52. The predicted molar refractivity (Wildman–Crippen MR) is 78.6 cm³/mol. The Bertz CT molecular complexity index is 473. The summed E-state index contributed by atoms with van der Waals surface area (Å²) in [6, 6.07) is 5.66. The van der Waals surface area contributed by atoms with Gasteiger partial charge in [0, 0.05) is 12.6 Å². The first-order chi connectivity index (χ1) is 9.11. The largest absolute Gasteiger partial charge is 0.375 e. The van der Waals surface area contributed by atoms with Gasteiger partial charge in [-0.2, -0.15) is 0 Å². The molecule has 0 aromatic heterocycles. The fourth-order valence-corrected chi connectivity index (χ4v) is 3.76. The summed E-state index contributed by atoms with van der Waals surface area (Å²) in [7, 11) is 0. The molecule has 4 heteroatoms. The number of hydrogen-bond acceptors (Lipinski definition) is 2. The Labute approximate surface area is 124 Å². The van der Waals surface area contributed by atoms with Gasteiger partial charge in [0.1, 0.15) is 0 Å². The number of nitrogens with two attached hydrogens (primary N) is 1. The normalized spacial score (nSPS) is 27.0. The minimum Gasteiger partial charge on any atom is -0.375 e. The van der Waals surface area contributed by atoms with E-state index in [1.54, 1.807) is 6.07 Å². The summed E-state index contributed by atoms with van der Waals surface area (Å²) in [6.45, 7) is 0.816. The topological polar surface area (TPSA) is 35.2 Å². The molecule has 19 heavy (non-hydrogen) atoms. The standard InChI is InChI=1S/C15H19Cl2NO/c16-12-4-1-3-11(13(12)17)14(18)10-5-8-19-15(9-10)6-2-7-15/h1,3-4,10,14H,2,5-9,18H2. The van der Waals surface area contributed by atoms with Gasteiger partial charge in [-0.05, 0) is 49.7 Å². The van der Waals surface area contributed by atoms with Crippen LogP contribution in [0.4, 0.5) is 0 Å². The van der Waals surface area contributed by atoms with E-state index in [-0.39, 0.29) is 11.6 Å². The first kappa shape index (κ1) is 13.7. The monoisotopic (exact) mass is 299 g/mol. The van der Waals surface area contributed by atoms with Gasteiger partial charge >= 0.3 is 0 Å². The Morgan fingerprint density at radius 2 is 2.11 bits per heavy atom. The second-order valence-corrected chi connectivity index (χ2v) is 6.59. The van der Waals surface area contributed by atoms with Crippen LogP contribution in [0.15, 0.2) is 18.2 Å². The van der Waals surface area contributed by atoms with E-state index in [0.29, 0.717) is 16.0 Å². The smallest absolute Gasteiger partial charge is 0.0686 e. The van der Waals surface area contributed by atoms with Gasteiger partial charge in [0.15, 0.2) is 0 Å². The molecule has 0 amide bonds. The molecule has 1 spiro atoms. The SMILES string of the molecule is NC(c1cccc(Cl)c1Cl)C1CCOC2(CCC2)C1. The van der Waals surface area contributed by atoms with Crippen molar-refractivity contribution in [2.45, 2.75) is 43.7 Å². The quantitative estimate of drug-likeness (QED) is 0.881. The second-order valence-electron chi connectivity index (χ2n) is 5.81. The van der Waals surface area contributed by atoms with Crippen molar-refractivity contribution in [1.82, 2.24) is 0 Å². The van der Waals surface area contributed by atoms with Crippen LogP contribution in [-0.2, 0) is 4.74 Å². The van der Waals surface area contributed by atoms with Crippen LogP contribution < -0.4 is 5.73 Å². The van der Waals surface area contributed by atoms with Gasteiger partial charge in [0.25, 0.3) is 0 Å². The minimum absolute atomic E-state index is 0.0485. The molecule has 1 aliphatic carbocycles. The Kier molecular flexibility index (Phi) is 3.78. The van der Waals surface area contributed by atoms with Crippen LogP contribution in [0.3, 0.4) is 0 Å². The summed E-state index contributed by atoms with van der Waals surface area (Å²) in [5.41, 5.74) is 7.53. The van der Waals surface area contributed by atoms with E-state index in [0.717, 1.165) is 25.0 Å². The molecule has 3 rings (SSSR count). The maximum absolute atomic E-state index is 6.44. The van der Waals surface area contributed by atoms with Crippen LogP contribution in [0.5, 0.6) is 0 Å². The third-order valence-electron chi connectivity index (χ3n) is 4.64. The highest BCUT2D eigenvalue weighted by molar-refractivity contribution is 6.42. The maximum atomic E-state index is 6.44. The summed E-state index contributed by atoms with van der Waals surface area (Å²) in [6.07, 6.45) is 5.70. The van der Waals surface area contributed by atoms with Crippen molar-refractivity contribution in [2.75, 3.05) is 6.61 Å². The highest BCUT2D eigenvalue weighted by Crippen LogP contribution is 2.47. The third-order valence-corrected chi connectivity index (χ3v) is 5.48. The summed E-state index contributed by atoms with van der Waals surface area (Å²) in [5.74, 6) is 0.435. The molecule has 2 nitrogen and oxygen atoms in total. The lowest BCUT2D eigenvalue weighted by Gasteiger charge is -2.48. The van der Waals surface area contributed by atoms with Gasteiger partial charge in [0.05, 0.1) is 15.6 Å². The Morgan fingerprint density at radius 1 is 1.32 bits per heavy atom. The van der Waals surface area contributed by atoms with Crippen molar-refractivity contribution in [3.8, 4) is 0 Å². The molecule has 2 N–H and O–H groups in total. The molecule has 1 aliphatic heterocycles. The minimum atomic E-state index is -0.0485. The van der Waals surface area contributed by atoms with Crippen LogP contribution >= 0.6 is 23.2 Å². The maximum Gasteiger partial charge on any atom is 0.0686 e. The van der Waals surface area contributed by atoms with Gasteiger partial charge in [-0.25, -0.2) is 0 Å². The Hall–Kier alpha value is -0.280. The molecule has 1 saturated carbocycles. The van der Waals surface area contributed by atoms with Crippen LogP contribution in [0, 0.1) is 5.92 Å². The molecule has 1 aromatic carbocycles. The van der Waals surface area contributed by atoms with Crippen molar-refractivity contribution in [2.24, 2.45) is 11.7 Å². The van der Waals surface area contributed by atoms with Crippen LogP contribution in [0.2, 0.25) is 10.0 Å². The van der Waals surface area contributed by atoms with E-state index in [9.17, 15) is 0 Å². The highest BCUT2D eigenvalue weighted by Gasteiger charge is 2.44. The molecule has 2 fully saturated rings. The number of benzene rings is 1. The lowest BCUT2D eigenvalue weighted by atomic mass is 9.70. The number of hydrogen-bond donors (Lipinski definition) is 1. The molecule has 2 aliphatic rings. The zero-order chi connectivity index (χ0) is 13.5. The van der Waals surface area contributed by atoms with Crippen molar-refractivity contribution in [1.29, 1.82) is 0 Å². The zero-order valence-electron chi connectivity index (χ0n) is 10.9. The summed E-state index contributed by atoms with van der Waals surface area (Å²) >= 11 is 12.4. The number of halogens is 2. The molecule has 104 valence electrons. The molecule has 1 saturated heterocycles. The average Bonchev–Trinajstić information content (AvgIpc) is 2.39. The van der Waals surface area contributed by atoms with Crippen LogP contribution in [0.1, 0.15) is 43.7 Å². The van der Waals surface area contributed by atoms with Gasteiger partial charge in [0.2, 0.25) is 0 Å². The number of rotatable bonds is 2. The van der Waals surface area contributed by atoms with Gasteiger partial charge in [-0.3, -0.25) is 0 Å². The average molecular weight is 300 g/mol. The summed E-state index contributed by atoms with van der Waals surface area (Å²) < 4.78 is 5.96. The van der Waals surface area contributed by atoms with E-state index in [1.165, 1.54) is 19.3 Å². The van der Waals surface area contributed by atoms with E-state index >= 15 is 0 Å². The van der Waals surface area contributed by atoms with Crippen molar-refractivity contribution >= 4 is 23.2 Å². The molecule has 0 bridgehead atoms. The van der Waals surface area contributed by atoms with Crippen LogP contribution in [-0.4, -0.2) is 12.2 Å². The number of ether oxygens (including phenoxy) is 1. The summed E-state index contributed by atoms with van der Waals surface area (Å²) in [5, 5.41) is 1.19. The zero-order valence-corrected chi connectivity index (χ0v) is 12.4. The van der Waals surface area contributed by atoms with Crippen molar-refractivity contribution in [3.05, 3.63) is 33.8 Å². The molecular formula is C15H19Cl2NO. The predicted octanol–water partition coefficient (Wildman–Crippen LogP) is 4.34. The molecule has 0 radical (unpaired) electrons. The molecule has 2 atom stereocenters. The first-order valence-electron chi connectivity index (χ1n) is 6.95. The Balaban J connectivity index is 1.79. The molecule has 1 heterocycles. The van der Waals surface area contributed by atoms with E-state index < -0.39 is 0 Å². The fourth-order valence-electron chi connectivity index (χ4n) is 3.32. The molecular weight excluding hydrogens is 281 g/mol. The van der Waals surface area contributed by atoms with Crippen molar-refractivity contribution in [3.63, 3.8) is 0 Å². The lowest BCUT2D eigenvalue weighted by Crippen LogP contribution is -2.47. The van der Waals surface area contributed by atoms with Crippen molar-refractivity contribution < 1.29 is 4.74 Å². The first-order valence-corrected chi connectivity index (χ1v) is 7.70. The second kappa shape index (κ2) is 5.25. The van der Waals surface area contributed by atoms with Gasteiger partial charge < -0.3 is 10.5 Å². The van der Waals surface area contributed by atoms with Crippen LogP contribution in [0.25, 0.3) is 0 Å². The lowest BCUT2D eigenvalue weighted by molar-refractivity contribution is -0.146. The van der Waals surface area contributed by atoms with E-state index in [1.807, 2.05) is 12.1 Å². The van der Waals surface area contributed by atoms with Gasteiger partial charge in [-0.1, -0.05) is 35.3 Å². The van der Waals surface area contributed by atoms with E-state index in [2.05, 4.69) is 0 Å². The fraction of sp³-hybridized carbons (Fsp3) is 0.600. The van der Waals surface area contributed by atoms with Gasteiger partial charge in [-0.15, -0.1) is 0 Å². The Morgan fingerprint density at radius 3 is 2.79 bits per heavy atom.